The second-order valence-corrected chi connectivity index (χ2v) is 4.63. The van der Waals surface area contributed by atoms with Gasteiger partial charge in [-0.1, -0.05) is 6.08 Å². The number of nitrogens with zero attached hydrogens (tertiary/aromatic N) is 2. The molecule has 3 rings (SSSR count). The lowest BCUT2D eigenvalue weighted by molar-refractivity contribution is 0.968. The van der Waals surface area contributed by atoms with Gasteiger partial charge in [-0.3, -0.25) is 0 Å². The molecular weight excluding hydrogens is 206 g/mol. The van der Waals surface area contributed by atoms with Crippen LogP contribution in [0.2, 0.25) is 0 Å². The quantitative estimate of drug-likeness (QED) is 0.796. The predicted molar refractivity (Wildman–Crippen MR) is 62.4 cm³/mol. The van der Waals surface area contributed by atoms with Gasteiger partial charge in [0.15, 0.2) is 0 Å². The first-order valence-electron chi connectivity index (χ1n) is 4.98. The molecule has 1 N–H and O–H groups in total. The van der Waals surface area contributed by atoms with Crippen LogP contribution >= 0.6 is 11.8 Å². The number of hydrogen-bond donors (Lipinski definition) is 1. The van der Waals surface area contributed by atoms with Crippen LogP contribution in [-0.4, -0.2) is 20.7 Å². The Morgan fingerprint density at radius 3 is 3.27 bits per heavy atom. The molecule has 75 valence electrons. The van der Waals surface area contributed by atoms with Crippen molar-refractivity contribution in [1.29, 1.82) is 0 Å². The van der Waals surface area contributed by atoms with Crippen LogP contribution < -0.4 is 0 Å². The summed E-state index contributed by atoms with van der Waals surface area (Å²) in [6.45, 7) is 0. The number of nitrogens with one attached hydrogen (secondary N) is 1. The summed E-state index contributed by atoms with van der Waals surface area (Å²) < 4.78 is 0. The van der Waals surface area contributed by atoms with E-state index in [-0.39, 0.29) is 0 Å². The molecule has 0 spiro atoms. The molecule has 3 heterocycles. The Bertz CT molecular complexity index is 482. The van der Waals surface area contributed by atoms with Crippen LogP contribution in [0, 0.1) is 6.20 Å². The van der Waals surface area contributed by atoms with E-state index >= 15 is 0 Å². The first-order valence-corrected chi connectivity index (χ1v) is 5.97. The molecule has 0 atom stereocenters. The van der Waals surface area contributed by atoms with Crippen LogP contribution in [0.1, 0.15) is 18.5 Å². The predicted octanol–water partition coefficient (Wildman–Crippen LogP) is 2.63. The highest BCUT2D eigenvalue weighted by Gasteiger charge is 2.10. The van der Waals surface area contributed by atoms with Crippen molar-refractivity contribution in [1.82, 2.24) is 15.0 Å². The SMILES string of the molecule is [c]1ncnc2[nH]c(C3=CCCCS3)cc12. The molecule has 0 bridgehead atoms. The van der Waals surface area contributed by atoms with Crippen LogP contribution in [-0.2, 0) is 0 Å². The molecule has 0 fully saturated rings. The summed E-state index contributed by atoms with van der Waals surface area (Å²) in [5.41, 5.74) is 2.01. The van der Waals surface area contributed by atoms with Crippen molar-refractivity contribution >= 4 is 27.7 Å². The van der Waals surface area contributed by atoms with Gasteiger partial charge in [-0.05, 0) is 24.7 Å². The molecule has 0 saturated heterocycles. The molecule has 0 amide bonds. The summed E-state index contributed by atoms with van der Waals surface area (Å²) in [4.78, 5) is 12.7. The normalized spacial score (nSPS) is 16.7. The van der Waals surface area contributed by atoms with Gasteiger partial charge < -0.3 is 4.98 Å². The van der Waals surface area contributed by atoms with Crippen LogP contribution in [0.3, 0.4) is 0 Å². The van der Waals surface area contributed by atoms with Crippen molar-refractivity contribution < 1.29 is 0 Å². The van der Waals surface area contributed by atoms with Gasteiger partial charge in [0.1, 0.15) is 18.2 Å². The highest BCUT2D eigenvalue weighted by molar-refractivity contribution is 8.08. The topological polar surface area (TPSA) is 41.6 Å². The van der Waals surface area contributed by atoms with E-state index in [0.29, 0.717) is 0 Å². The van der Waals surface area contributed by atoms with Crippen LogP contribution in [0.25, 0.3) is 15.9 Å². The standard InChI is InChI=1S/C11H10N3S/c1-2-4-15-10(3-1)9-5-8-6-12-7-13-11(8)14-9/h3,5,7H,1-2,4H2,(H,12,13,14). The highest BCUT2D eigenvalue weighted by atomic mass is 32.2. The smallest absolute Gasteiger partial charge is 0.141 e. The van der Waals surface area contributed by atoms with E-state index in [0.717, 1.165) is 16.7 Å². The zero-order chi connectivity index (χ0) is 10.1. The van der Waals surface area contributed by atoms with Crippen molar-refractivity contribution in [2.75, 3.05) is 5.75 Å². The Balaban J connectivity index is 2.07. The van der Waals surface area contributed by atoms with E-state index in [2.05, 4.69) is 33.3 Å². The van der Waals surface area contributed by atoms with Gasteiger partial charge in [-0.2, -0.15) is 0 Å². The first kappa shape index (κ1) is 8.97. The molecule has 0 aliphatic carbocycles. The second-order valence-electron chi connectivity index (χ2n) is 3.49. The molecule has 1 aliphatic rings. The fourth-order valence-corrected chi connectivity index (χ4v) is 2.73. The van der Waals surface area contributed by atoms with Crippen LogP contribution in [0.5, 0.6) is 0 Å². The van der Waals surface area contributed by atoms with Crippen molar-refractivity contribution in [3.05, 3.63) is 30.4 Å². The zero-order valence-electron chi connectivity index (χ0n) is 8.16. The van der Waals surface area contributed by atoms with E-state index < -0.39 is 0 Å². The molecule has 0 saturated carbocycles. The number of rotatable bonds is 1. The maximum atomic E-state index is 4.16. The average molecular weight is 216 g/mol. The van der Waals surface area contributed by atoms with Crippen molar-refractivity contribution in [3.8, 4) is 0 Å². The van der Waals surface area contributed by atoms with Gasteiger partial charge in [0.05, 0.1) is 5.69 Å². The fraction of sp³-hybridized carbons (Fsp3) is 0.273. The van der Waals surface area contributed by atoms with Gasteiger partial charge in [-0.25, -0.2) is 9.97 Å². The summed E-state index contributed by atoms with van der Waals surface area (Å²) in [6.07, 6.45) is 9.18. The number of aromatic amines is 1. The average Bonchev–Trinajstić information content (AvgIpc) is 2.74. The maximum Gasteiger partial charge on any atom is 0.141 e. The Morgan fingerprint density at radius 1 is 1.47 bits per heavy atom. The Morgan fingerprint density at radius 2 is 2.47 bits per heavy atom. The van der Waals surface area contributed by atoms with Crippen molar-refractivity contribution in [2.24, 2.45) is 0 Å². The highest BCUT2D eigenvalue weighted by Crippen LogP contribution is 2.33. The van der Waals surface area contributed by atoms with E-state index in [1.807, 2.05) is 11.8 Å². The van der Waals surface area contributed by atoms with E-state index in [4.69, 9.17) is 0 Å². The Hall–Kier alpha value is -1.29. The molecule has 0 unspecified atom stereocenters. The third kappa shape index (κ3) is 1.65. The number of aromatic nitrogens is 3. The first-order chi connectivity index (χ1) is 7.43. The maximum absolute atomic E-state index is 4.16. The third-order valence-electron chi connectivity index (χ3n) is 2.43. The van der Waals surface area contributed by atoms with Gasteiger partial charge in [0, 0.05) is 10.3 Å². The largest absolute Gasteiger partial charge is 0.339 e. The minimum absolute atomic E-state index is 0.868. The van der Waals surface area contributed by atoms with Crippen LogP contribution in [0.15, 0.2) is 18.5 Å². The Kier molecular flexibility index (Phi) is 2.21. The molecule has 3 nitrogen and oxygen atoms in total. The monoisotopic (exact) mass is 216 g/mol. The van der Waals surface area contributed by atoms with E-state index in [1.165, 1.54) is 29.8 Å². The minimum atomic E-state index is 0.868. The minimum Gasteiger partial charge on any atom is -0.339 e. The van der Waals surface area contributed by atoms with Gasteiger partial charge >= 0.3 is 0 Å². The van der Waals surface area contributed by atoms with E-state index in [9.17, 15) is 0 Å². The summed E-state index contributed by atoms with van der Waals surface area (Å²) >= 11 is 1.90. The number of H-pyrrole nitrogens is 1. The molecular formula is C11H10N3S. The summed E-state index contributed by atoms with van der Waals surface area (Å²) in [5.74, 6) is 1.20. The van der Waals surface area contributed by atoms with Crippen LogP contribution in [0.4, 0.5) is 0 Å². The number of thioether (sulfide) groups is 1. The van der Waals surface area contributed by atoms with Gasteiger partial charge in [-0.15, -0.1) is 11.8 Å². The number of allylic oxidation sites excluding steroid dienone is 1. The molecule has 2 aromatic rings. The molecule has 15 heavy (non-hydrogen) atoms. The molecule has 4 heteroatoms. The fourth-order valence-electron chi connectivity index (χ4n) is 1.69. The van der Waals surface area contributed by atoms with Gasteiger partial charge in [0.25, 0.3) is 0 Å². The third-order valence-corrected chi connectivity index (χ3v) is 3.62. The number of hydrogen-bond acceptors (Lipinski definition) is 3. The summed E-state index contributed by atoms with van der Waals surface area (Å²) in [6, 6.07) is 2.07. The molecule has 2 aromatic heterocycles. The number of fused-ring (bicyclic) bond motifs is 1. The Labute approximate surface area is 92.0 Å². The summed E-state index contributed by atoms with van der Waals surface area (Å²) in [7, 11) is 0. The molecule has 1 aliphatic heterocycles. The summed E-state index contributed by atoms with van der Waals surface area (Å²) in [5, 5.41) is 0.958. The van der Waals surface area contributed by atoms with E-state index in [1.54, 1.807) is 0 Å². The molecule has 0 aromatic carbocycles. The lowest BCUT2D eigenvalue weighted by Crippen LogP contribution is -1.89. The van der Waals surface area contributed by atoms with Gasteiger partial charge in [0.2, 0.25) is 0 Å². The van der Waals surface area contributed by atoms with Crippen molar-refractivity contribution in [2.45, 2.75) is 12.8 Å². The second kappa shape index (κ2) is 3.70. The van der Waals surface area contributed by atoms with Crippen molar-refractivity contribution in [3.63, 3.8) is 0 Å². The lowest BCUT2D eigenvalue weighted by atomic mass is 10.2. The zero-order valence-corrected chi connectivity index (χ0v) is 8.97. The molecule has 1 radical (unpaired) electrons. The lowest BCUT2D eigenvalue weighted by Gasteiger charge is -2.09.